The highest BCUT2D eigenvalue weighted by Crippen LogP contribution is 2.17. The van der Waals surface area contributed by atoms with Crippen LogP contribution in [0.3, 0.4) is 0 Å². The number of halogens is 1. The first-order valence-electron chi connectivity index (χ1n) is 6.29. The molecule has 2 N–H and O–H groups in total. The maximum Gasteiger partial charge on any atom is 0.282 e. The van der Waals surface area contributed by atoms with Crippen molar-refractivity contribution in [2.24, 2.45) is 0 Å². The van der Waals surface area contributed by atoms with Crippen molar-refractivity contribution in [1.29, 1.82) is 0 Å². The predicted octanol–water partition coefficient (Wildman–Crippen LogP) is 3.05. The fourth-order valence-corrected chi connectivity index (χ4v) is 2.62. The normalized spacial score (nSPS) is 10.3. The third-order valence-corrected chi connectivity index (χ3v) is 4.20. The highest BCUT2D eigenvalue weighted by Gasteiger charge is 2.12. The van der Waals surface area contributed by atoms with Crippen molar-refractivity contribution in [1.82, 2.24) is 15.5 Å². The van der Waals surface area contributed by atoms with E-state index in [-0.39, 0.29) is 5.91 Å². The molecule has 0 bridgehead atoms. The van der Waals surface area contributed by atoms with Crippen LogP contribution in [0.4, 0.5) is 5.13 Å². The molecule has 0 radical (unpaired) electrons. The van der Waals surface area contributed by atoms with Gasteiger partial charge in [-0.2, -0.15) is 0 Å². The average molecular weight is 355 g/mol. The Labute approximate surface area is 129 Å². The van der Waals surface area contributed by atoms with Gasteiger partial charge in [-0.1, -0.05) is 52.4 Å². The fourth-order valence-electron chi connectivity index (χ4n) is 1.51. The number of rotatable bonds is 6. The van der Waals surface area contributed by atoms with Gasteiger partial charge in [0.05, 0.1) is 0 Å². The summed E-state index contributed by atoms with van der Waals surface area (Å²) in [6.45, 7) is 3.35. The smallest absolute Gasteiger partial charge is 0.282 e. The van der Waals surface area contributed by atoms with E-state index in [2.05, 4.69) is 43.7 Å². The third kappa shape index (κ3) is 4.01. The van der Waals surface area contributed by atoms with Crippen LogP contribution in [0.15, 0.2) is 28.7 Å². The Kier molecular flexibility index (Phi) is 5.49. The molecule has 7 heteroatoms. The van der Waals surface area contributed by atoms with Crippen LogP contribution in [0, 0.1) is 0 Å². The van der Waals surface area contributed by atoms with E-state index >= 15 is 0 Å². The average Bonchev–Trinajstić information content (AvgIpc) is 2.93. The molecule has 20 heavy (non-hydrogen) atoms. The van der Waals surface area contributed by atoms with Gasteiger partial charge in [0.2, 0.25) is 10.1 Å². The Morgan fingerprint density at radius 3 is 2.90 bits per heavy atom. The Morgan fingerprint density at radius 1 is 1.35 bits per heavy atom. The molecule has 2 aromatic rings. The molecule has 0 aliphatic rings. The fraction of sp³-hybridized carbons (Fsp3) is 0.308. The first-order chi connectivity index (χ1) is 9.70. The molecule has 0 spiro atoms. The summed E-state index contributed by atoms with van der Waals surface area (Å²) in [4.78, 5) is 12.0. The summed E-state index contributed by atoms with van der Waals surface area (Å²) < 4.78 is 0.975. The number of hydrogen-bond acceptors (Lipinski definition) is 5. The number of amides is 1. The largest absolute Gasteiger partial charge is 0.360 e. The standard InChI is InChI=1S/C13H15BrN4OS/c1-2-7-15-13-18-17-12(20-13)11(19)16-8-9-5-3-4-6-10(9)14/h3-6H,2,7-8H2,1H3,(H,15,18)(H,16,19). The van der Waals surface area contributed by atoms with Crippen LogP contribution in [0.25, 0.3) is 0 Å². The molecule has 2 rings (SSSR count). The third-order valence-electron chi connectivity index (χ3n) is 2.54. The van der Waals surface area contributed by atoms with Gasteiger partial charge in [0.1, 0.15) is 0 Å². The number of carbonyl (C=O) groups excluding carboxylic acids is 1. The van der Waals surface area contributed by atoms with Crippen LogP contribution >= 0.6 is 27.3 Å². The van der Waals surface area contributed by atoms with Crippen molar-refractivity contribution >= 4 is 38.3 Å². The molecule has 1 amide bonds. The number of aromatic nitrogens is 2. The van der Waals surface area contributed by atoms with Crippen molar-refractivity contribution in [3.8, 4) is 0 Å². The van der Waals surface area contributed by atoms with E-state index in [0.29, 0.717) is 16.7 Å². The molecule has 0 saturated heterocycles. The molecular weight excluding hydrogens is 340 g/mol. The summed E-state index contributed by atoms with van der Waals surface area (Å²) in [6, 6.07) is 7.77. The summed E-state index contributed by atoms with van der Waals surface area (Å²) in [5, 5.41) is 14.8. The molecule has 1 aromatic heterocycles. The maximum absolute atomic E-state index is 12.0. The number of anilines is 1. The minimum absolute atomic E-state index is 0.206. The second kappa shape index (κ2) is 7.35. The highest BCUT2D eigenvalue weighted by molar-refractivity contribution is 9.10. The predicted molar refractivity (Wildman–Crippen MR) is 84.0 cm³/mol. The number of nitrogens with one attached hydrogen (secondary N) is 2. The Bertz CT molecular complexity index is 587. The maximum atomic E-state index is 12.0. The summed E-state index contributed by atoms with van der Waals surface area (Å²) >= 11 is 4.71. The Morgan fingerprint density at radius 2 is 2.15 bits per heavy atom. The van der Waals surface area contributed by atoms with Gasteiger partial charge < -0.3 is 10.6 Å². The zero-order valence-corrected chi connectivity index (χ0v) is 13.4. The molecule has 0 atom stereocenters. The molecule has 1 aromatic carbocycles. The zero-order valence-electron chi connectivity index (χ0n) is 11.0. The van der Waals surface area contributed by atoms with Gasteiger partial charge in [0, 0.05) is 17.6 Å². The lowest BCUT2D eigenvalue weighted by atomic mass is 10.2. The van der Waals surface area contributed by atoms with E-state index in [1.165, 1.54) is 11.3 Å². The highest BCUT2D eigenvalue weighted by atomic mass is 79.9. The van der Waals surface area contributed by atoms with Gasteiger partial charge in [0.25, 0.3) is 5.91 Å². The number of carbonyl (C=O) groups is 1. The van der Waals surface area contributed by atoms with Gasteiger partial charge in [-0.15, -0.1) is 10.2 Å². The first kappa shape index (κ1) is 14.9. The van der Waals surface area contributed by atoms with Crippen LogP contribution < -0.4 is 10.6 Å². The minimum Gasteiger partial charge on any atom is -0.360 e. The number of nitrogens with zero attached hydrogens (tertiary/aromatic N) is 2. The molecule has 5 nitrogen and oxygen atoms in total. The summed E-state index contributed by atoms with van der Waals surface area (Å²) in [5.41, 5.74) is 1.02. The van der Waals surface area contributed by atoms with Crippen molar-refractivity contribution < 1.29 is 4.79 Å². The lowest BCUT2D eigenvalue weighted by Crippen LogP contribution is -2.22. The molecule has 1 heterocycles. The molecular formula is C13H15BrN4OS. The number of benzene rings is 1. The van der Waals surface area contributed by atoms with E-state index in [9.17, 15) is 4.79 Å². The summed E-state index contributed by atoms with van der Waals surface area (Å²) in [5.74, 6) is -0.206. The molecule has 0 aliphatic heterocycles. The first-order valence-corrected chi connectivity index (χ1v) is 7.90. The van der Waals surface area contributed by atoms with Crippen molar-refractivity contribution in [3.05, 3.63) is 39.3 Å². The van der Waals surface area contributed by atoms with Crippen molar-refractivity contribution in [2.75, 3.05) is 11.9 Å². The molecule has 0 unspecified atom stereocenters. The second-order valence-electron chi connectivity index (χ2n) is 4.11. The second-order valence-corrected chi connectivity index (χ2v) is 5.95. The zero-order chi connectivity index (χ0) is 14.4. The van der Waals surface area contributed by atoms with E-state index in [0.717, 1.165) is 23.0 Å². The van der Waals surface area contributed by atoms with E-state index in [1.54, 1.807) is 0 Å². The van der Waals surface area contributed by atoms with Crippen LogP contribution in [0.2, 0.25) is 0 Å². The van der Waals surface area contributed by atoms with E-state index in [4.69, 9.17) is 0 Å². The topological polar surface area (TPSA) is 66.9 Å². The van der Waals surface area contributed by atoms with Gasteiger partial charge in [-0.05, 0) is 18.1 Å². The van der Waals surface area contributed by atoms with Crippen LogP contribution in [-0.2, 0) is 6.54 Å². The molecule has 0 fully saturated rings. The lowest BCUT2D eigenvalue weighted by molar-refractivity contribution is 0.0949. The van der Waals surface area contributed by atoms with E-state index < -0.39 is 0 Å². The lowest BCUT2D eigenvalue weighted by Gasteiger charge is -2.04. The monoisotopic (exact) mass is 354 g/mol. The van der Waals surface area contributed by atoms with Gasteiger partial charge in [0.15, 0.2) is 0 Å². The molecule has 0 aliphatic carbocycles. The SMILES string of the molecule is CCCNc1nnc(C(=O)NCc2ccccc2Br)s1. The Hall–Kier alpha value is -1.47. The van der Waals surface area contributed by atoms with Crippen LogP contribution in [-0.4, -0.2) is 22.6 Å². The van der Waals surface area contributed by atoms with Crippen molar-refractivity contribution in [3.63, 3.8) is 0 Å². The quantitative estimate of drug-likeness (QED) is 0.836. The summed E-state index contributed by atoms with van der Waals surface area (Å²) in [6.07, 6.45) is 1.00. The van der Waals surface area contributed by atoms with Crippen molar-refractivity contribution in [2.45, 2.75) is 19.9 Å². The Balaban J connectivity index is 1.92. The minimum atomic E-state index is -0.206. The van der Waals surface area contributed by atoms with Gasteiger partial charge in [-0.3, -0.25) is 4.79 Å². The molecule has 0 saturated carbocycles. The van der Waals surface area contributed by atoms with Crippen LogP contribution in [0.1, 0.15) is 28.7 Å². The number of hydrogen-bond donors (Lipinski definition) is 2. The van der Waals surface area contributed by atoms with Crippen LogP contribution in [0.5, 0.6) is 0 Å². The molecule has 106 valence electrons. The van der Waals surface area contributed by atoms with E-state index in [1.807, 2.05) is 24.3 Å². The van der Waals surface area contributed by atoms with Gasteiger partial charge >= 0.3 is 0 Å². The summed E-state index contributed by atoms with van der Waals surface area (Å²) in [7, 11) is 0. The van der Waals surface area contributed by atoms with Gasteiger partial charge in [-0.25, -0.2) is 0 Å².